The summed E-state index contributed by atoms with van der Waals surface area (Å²) in [5, 5.41) is 3.57. The molecule has 0 spiro atoms. The Bertz CT molecular complexity index is 336. The molecule has 1 atom stereocenters. The molecule has 0 radical (unpaired) electrons. The van der Waals surface area contributed by atoms with Crippen LogP contribution in [-0.2, 0) is 6.42 Å². The zero-order valence-corrected chi connectivity index (χ0v) is 11.9. The maximum atomic E-state index is 13.2. The highest BCUT2D eigenvalue weighted by Gasteiger charge is 2.10. The van der Waals surface area contributed by atoms with Gasteiger partial charge in [-0.1, -0.05) is 32.9 Å². The molecular formula is C16H26FN. The molecule has 0 aliphatic carbocycles. The van der Waals surface area contributed by atoms with Crippen LogP contribution in [0.4, 0.5) is 4.39 Å². The summed E-state index contributed by atoms with van der Waals surface area (Å²) in [5.41, 5.74) is 1.09. The lowest BCUT2D eigenvalue weighted by molar-refractivity contribution is 0.427. The van der Waals surface area contributed by atoms with Crippen molar-refractivity contribution in [1.29, 1.82) is 0 Å². The Balaban J connectivity index is 2.53. The van der Waals surface area contributed by atoms with Crippen molar-refractivity contribution in [3.8, 4) is 0 Å². The number of nitrogens with one attached hydrogen (secondary N) is 1. The Morgan fingerprint density at radius 2 is 2.00 bits per heavy atom. The van der Waals surface area contributed by atoms with Crippen LogP contribution in [0.2, 0.25) is 0 Å². The van der Waals surface area contributed by atoms with Gasteiger partial charge < -0.3 is 5.32 Å². The van der Waals surface area contributed by atoms with Crippen molar-refractivity contribution in [2.75, 3.05) is 6.54 Å². The summed E-state index contributed by atoms with van der Waals surface area (Å²) in [6, 6.07) is 7.43. The monoisotopic (exact) mass is 251 g/mol. The molecule has 0 amide bonds. The van der Waals surface area contributed by atoms with E-state index >= 15 is 0 Å². The fraction of sp³-hybridized carbons (Fsp3) is 0.625. The summed E-state index contributed by atoms with van der Waals surface area (Å²) in [5.74, 6) is 0.592. The molecule has 102 valence electrons. The third-order valence-corrected chi connectivity index (χ3v) is 3.15. The Morgan fingerprint density at radius 3 is 2.61 bits per heavy atom. The van der Waals surface area contributed by atoms with Crippen molar-refractivity contribution in [2.24, 2.45) is 5.92 Å². The number of halogens is 1. The van der Waals surface area contributed by atoms with Crippen molar-refractivity contribution in [3.05, 3.63) is 35.6 Å². The Kier molecular flexibility index (Phi) is 6.96. The SMILES string of the molecule is CCCNC(CCC(C)C)Cc1cccc(F)c1. The van der Waals surface area contributed by atoms with Crippen LogP contribution in [0.3, 0.4) is 0 Å². The zero-order chi connectivity index (χ0) is 13.4. The highest BCUT2D eigenvalue weighted by Crippen LogP contribution is 2.13. The van der Waals surface area contributed by atoms with E-state index in [1.807, 2.05) is 6.07 Å². The molecule has 0 aromatic heterocycles. The first-order valence-corrected chi connectivity index (χ1v) is 7.09. The minimum Gasteiger partial charge on any atom is -0.314 e. The fourth-order valence-corrected chi connectivity index (χ4v) is 2.11. The third kappa shape index (κ3) is 6.15. The second-order valence-electron chi connectivity index (χ2n) is 5.46. The summed E-state index contributed by atoms with van der Waals surface area (Å²) < 4.78 is 13.2. The van der Waals surface area contributed by atoms with Crippen LogP contribution in [0.25, 0.3) is 0 Å². The van der Waals surface area contributed by atoms with Crippen molar-refractivity contribution < 1.29 is 4.39 Å². The van der Waals surface area contributed by atoms with Gasteiger partial charge in [0, 0.05) is 6.04 Å². The Labute approximate surface area is 111 Å². The number of benzene rings is 1. The number of rotatable bonds is 8. The average Bonchev–Trinajstić information content (AvgIpc) is 2.32. The molecule has 1 nitrogen and oxygen atoms in total. The molecule has 0 saturated carbocycles. The molecule has 0 saturated heterocycles. The van der Waals surface area contributed by atoms with Crippen LogP contribution < -0.4 is 5.32 Å². The first kappa shape index (κ1) is 15.2. The van der Waals surface area contributed by atoms with E-state index < -0.39 is 0 Å². The van der Waals surface area contributed by atoms with Crippen molar-refractivity contribution >= 4 is 0 Å². The third-order valence-electron chi connectivity index (χ3n) is 3.15. The average molecular weight is 251 g/mol. The predicted octanol–water partition coefficient (Wildman–Crippen LogP) is 4.17. The van der Waals surface area contributed by atoms with Gasteiger partial charge in [-0.3, -0.25) is 0 Å². The van der Waals surface area contributed by atoms with E-state index in [1.54, 1.807) is 12.1 Å². The van der Waals surface area contributed by atoms with Gasteiger partial charge in [0.25, 0.3) is 0 Å². The minimum absolute atomic E-state index is 0.134. The Morgan fingerprint density at radius 1 is 1.22 bits per heavy atom. The first-order valence-electron chi connectivity index (χ1n) is 7.09. The largest absolute Gasteiger partial charge is 0.314 e. The molecular weight excluding hydrogens is 225 g/mol. The second-order valence-corrected chi connectivity index (χ2v) is 5.46. The summed E-state index contributed by atoms with van der Waals surface area (Å²) >= 11 is 0. The zero-order valence-electron chi connectivity index (χ0n) is 11.9. The molecule has 0 aliphatic heterocycles. The van der Waals surface area contributed by atoms with Gasteiger partial charge >= 0.3 is 0 Å². The Hall–Kier alpha value is -0.890. The van der Waals surface area contributed by atoms with Crippen molar-refractivity contribution in [3.63, 3.8) is 0 Å². The van der Waals surface area contributed by atoms with Gasteiger partial charge in [-0.25, -0.2) is 4.39 Å². The van der Waals surface area contributed by atoms with E-state index in [9.17, 15) is 4.39 Å². The van der Waals surface area contributed by atoms with Crippen LogP contribution in [0.5, 0.6) is 0 Å². The quantitative estimate of drug-likeness (QED) is 0.731. The summed E-state index contributed by atoms with van der Waals surface area (Å²) in [4.78, 5) is 0. The molecule has 0 aliphatic rings. The highest BCUT2D eigenvalue weighted by atomic mass is 19.1. The van der Waals surface area contributed by atoms with E-state index in [0.717, 1.165) is 37.3 Å². The standard InChI is InChI=1S/C16H26FN/c1-4-10-18-16(9-8-13(2)3)12-14-6-5-7-15(17)11-14/h5-7,11,13,16,18H,4,8-10,12H2,1-3H3. The molecule has 0 fully saturated rings. The highest BCUT2D eigenvalue weighted by molar-refractivity contribution is 5.17. The molecule has 1 aromatic carbocycles. The van der Waals surface area contributed by atoms with Gasteiger partial charge in [0.05, 0.1) is 0 Å². The smallest absolute Gasteiger partial charge is 0.123 e. The van der Waals surface area contributed by atoms with Gasteiger partial charge in [-0.2, -0.15) is 0 Å². The van der Waals surface area contributed by atoms with Crippen LogP contribution in [0, 0.1) is 11.7 Å². The second kappa shape index (κ2) is 8.25. The van der Waals surface area contributed by atoms with Crippen LogP contribution in [0.15, 0.2) is 24.3 Å². The normalized spacial score (nSPS) is 12.9. The number of hydrogen-bond acceptors (Lipinski definition) is 1. The summed E-state index contributed by atoms with van der Waals surface area (Å²) in [7, 11) is 0. The summed E-state index contributed by atoms with van der Waals surface area (Å²) in [6.45, 7) is 7.71. The maximum absolute atomic E-state index is 13.2. The van der Waals surface area contributed by atoms with Gasteiger partial charge in [0.15, 0.2) is 0 Å². The van der Waals surface area contributed by atoms with E-state index in [-0.39, 0.29) is 5.82 Å². The van der Waals surface area contributed by atoms with Crippen LogP contribution >= 0.6 is 0 Å². The van der Waals surface area contributed by atoms with Gasteiger partial charge in [-0.15, -0.1) is 0 Å². The van der Waals surface area contributed by atoms with Gasteiger partial charge in [0.1, 0.15) is 5.82 Å². The molecule has 0 heterocycles. The van der Waals surface area contributed by atoms with E-state index in [4.69, 9.17) is 0 Å². The molecule has 1 rings (SSSR count). The molecule has 1 unspecified atom stereocenters. The maximum Gasteiger partial charge on any atom is 0.123 e. The topological polar surface area (TPSA) is 12.0 Å². The van der Waals surface area contributed by atoms with Gasteiger partial charge in [0.2, 0.25) is 0 Å². The van der Waals surface area contributed by atoms with E-state index in [1.165, 1.54) is 12.5 Å². The van der Waals surface area contributed by atoms with E-state index in [2.05, 4.69) is 26.1 Å². The first-order chi connectivity index (χ1) is 8.61. The van der Waals surface area contributed by atoms with Gasteiger partial charge in [-0.05, 0) is 55.8 Å². The van der Waals surface area contributed by atoms with Crippen molar-refractivity contribution in [2.45, 2.75) is 52.5 Å². The number of hydrogen-bond donors (Lipinski definition) is 1. The van der Waals surface area contributed by atoms with Crippen molar-refractivity contribution in [1.82, 2.24) is 5.32 Å². The molecule has 1 N–H and O–H groups in total. The van der Waals surface area contributed by atoms with Crippen LogP contribution in [0.1, 0.15) is 45.6 Å². The molecule has 1 aromatic rings. The molecule has 2 heteroatoms. The minimum atomic E-state index is -0.134. The predicted molar refractivity (Wildman–Crippen MR) is 76.3 cm³/mol. The lowest BCUT2D eigenvalue weighted by Crippen LogP contribution is -2.32. The lowest BCUT2D eigenvalue weighted by atomic mass is 9.97. The van der Waals surface area contributed by atoms with Crippen LogP contribution in [-0.4, -0.2) is 12.6 Å². The van der Waals surface area contributed by atoms with E-state index in [0.29, 0.717) is 6.04 Å². The molecule has 0 bridgehead atoms. The fourth-order valence-electron chi connectivity index (χ4n) is 2.11. The summed E-state index contributed by atoms with van der Waals surface area (Å²) in [6.07, 6.45) is 4.44. The molecule has 18 heavy (non-hydrogen) atoms. The lowest BCUT2D eigenvalue weighted by Gasteiger charge is -2.19.